The van der Waals surface area contributed by atoms with Crippen LogP contribution in [0.2, 0.25) is 0 Å². The first-order chi connectivity index (χ1) is 12.1. The van der Waals surface area contributed by atoms with Gasteiger partial charge in [0, 0.05) is 6.54 Å². The fourth-order valence-electron chi connectivity index (χ4n) is 2.29. The molecule has 2 aromatic carbocycles. The summed E-state index contributed by atoms with van der Waals surface area (Å²) in [6, 6.07) is 15.3. The lowest BCUT2D eigenvalue weighted by molar-refractivity contribution is -0.121. The van der Waals surface area contributed by atoms with Crippen LogP contribution in [-0.2, 0) is 4.79 Å². The zero-order chi connectivity index (χ0) is 18.1. The van der Waals surface area contributed by atoms with Gasteiger partial charge in [-0.3, -0.25) is 4.79 Å². The average Bonchev–Trinajstić information content (AvgIpc) is 2.60. The van der Waals surface area contributed by atoms with E-state index in [0.29, 0.717) is 18.0 Å². The fourth-order valence-corrected chi connectivity index (χ4v) is 2.29. The molecule has 6 nitrogen and oxygen atoms in total. The van der Waals surface area contributed by atoms with Gasteiger partial charge < -0.3 is 21.1 Å². The van der Waals surface area contributed by atoms with E-state index in [-0.39, 0.29) is 12.3 Å². The Morgan fingerprint density at radius 2 is 1.84 bits per heavy atom. The maximum absolute atomic E-state index is 12.0. The van der Waals surface area contributed by atoms with Crippen LogP contribution < -0.4 is 21.1 Å². The number of carbonyl (C=O) groups excluding carboxylic acids is 2. The number of hydrogen-bond donors (Lipinski definition) is 3. The molecule has 0 spiro atoms. The van der Waals surface area contributed by atoms with Crippen LogP contribution in [0.3, 0.4) is 0 Å². The summed E-state index contributed by atoms with van der Waals surface area (Å²) in [5.74, 6) is 1.09. The number of para-hydroxylation sites is 1. The predicted molar refractivity (Wildman–Crippen MR) is 96.2 cm³/mol. The van der Waals surface area contributed by atoms with Crippen molar-refractivity contribution in [3.05, 3.63) is 72.8 Å². The molecule has 0 bridgehead atoms. The standard InChI is InChI=1S/C19H21N3O3/c1-2-11-21-18(23)13-17(22-19(20)24)14-7-6-10-16(12-14)25-15-8-4-3-5-9-15/h2-10,12,17H,1,11,13H2,(H,21,23)(H3,20,22,24)/t17-/m0/s1. The van der Waals surface area contributed by atoms with Gasteiger partial charge in [-0.05, 0) is 29.8 Å². The molecule has 0 radical (unpaired) electrons. The van der Waals surface area contributed by atoms with E-state index < -0.39 is 12.1 Å². The van der Waals surface area contributed by atoms with Crippen LogP contribution in [-0.4, -0.2) is 18.5 Å². The van der Waals surface area contributed by atoms with E-state index in [2.05, 4.69) is 17.2 Å². The molecule has 0 fully saturated rings. The fraction of sp³-hybridized carbons (Fsp3) is 0.158. The molecular formula is C19H21N3O3. The second kappa shape index (κ2) is 9.12. The lowest BCUT2D eigenvalue weighted by Crippen LogP contribution is -2.36. The summed E-state index contributed by atoms with van der Waals surface area (Å²) in [6.45, 7) is 3.91. The third-order valence-electron chi connectivity index (χ3n) is 3.39. The first-order valence-electron chi connectivity index (χ1n) is 7.85. The molecule has 0 unspecified atom stereocenters. The lowest BCUT2D eigenvalue weighted by atomic mass is 10.0. The molecule has 0 saturated heterocycles. The van der Waals surface area contributed by atoms with Gasteiger partial charge in [-0.2, -0.15) is 0 Å². The van der Waals surface area contributed by atoms with E-state index in [9.17, 15) is 9.59 Å². The van der Waals surface area contributed by atoms with Gasteiger partial charge in [0.2, 0.25) is 5.91 Å². The van der Waals surface area contributed by atoms with Crippen LogP contribution in [0.4, 0.5) is 4.79 Å². The van der Waals surface area contributed by atoms with Gasteiger partial charge in [-0.1, -0.05) is 36.4 Å². The third kappa shape index (κ3) is 6.02. The molecule has 130 valence electrons. The number of carbonyl (C=O) groups is 2. The molecule has 4 N–H and O–H groups in total. The highest BCUT2D eigenvalue weighted by atomic mass is 16.5. The maximum atomic E-state index is 12.0. The normalized spacial score (nSPS) is 11.2. The zero-order valence-corrected chi connectivity index (χ0v) is 13.8. The molecule has 6 heteroatoms. The molecule has 3 amide bonds. The van der Waals surface area contributed by atoms with Gasteiger partial charge >= 0.3 is 6.03 Å². The van der Waals surface area contributed by atoms with Crippen LogP contribution in [0.1, 0.15) is 18.0 Å². The van der Waals surface area contributed by atoms with Crippen molar-refractivity contribution in [3.63, 3.8) is 0 Å². The second-order valence-electron chi connectivity index (χ2n) is 5.35. The summed E-state index contributed by atoms with van der Waals surface area (Å²) >= 11 is 0. The van der Waals surface area contributed by atoms with Crippen molar-refractivity contribution in [3.8, 4) is 11.5 Å². The van der Waals surface area contributed by atoms with Gasteiger partial charge in [0.15, 0.2) is 0 Å². The zero-order valence-electron chi connectivity index (χ0n) is 13.8. The molecule has 1 atom stereocenters. The maximum Gasteiger partial charge on any atom is 0.312 e. The molecule has 0 aliphatic heterocycles. The van der Waals surface area contributed by atoms with Gasteiger partial charge in [-0.15, -0.1) is 6.58 Å². The Balaban J connectivity index is 2.15. The minimum atomic E-state index is -0.698. The summed E-state index contributed by atoms with van der Waals surface area (Å²) < 4.78 is 5.79. The molecular weight excluding hydrogens is 318 g/mol. The highest BCUT2D eigenvalue weighted by molar-refractivity contribution is 5.78. The molecule has 2 aromatic rings. The number of rotatable bonds is 8. The molecule has 0 saturated carbocycles. The van der Waals surface area contributed by atoms with Crippen molar-refractivity contribution >= 4 is 11.9 Å². The molecule has 0 heterocycles. The number of nitrogens with two attached hydrogens (primary N) is 1. The van der Waals surface area contributed by atoms with Crippen molar-refractivity contribution < 1.29 is 14.3 Å². The predicted octanol–water partition coefficient (Wildman–Crippen LogP) is 2.88. The Bertz CT molecular complexity index is 732. The Kier molecular flexibility index (Phi) is 6.59. The van der Waals surface area contributed by atoms with Crippen LogP contribution in [0.25, 0.3) is 0 Å². The first-order valence-corrected chi connectivity index (χ1v) is 7.85. The Hall–Kier alpha value is -3.28. The third-order valence-corrected chi connectivity index (χ3v) is 3.39. The number of hydrogen-bond acceptors (Lipinski definition) is 3. The number of benzene rings is 2. The van der Waals surface area contributed by atoms with Crippen LogP contribution in [0, 0.1) is 0 Å². The topological polar surface area (TPSA) is 93.5 Å². The Labute approximate surface area is 146 Å². The molecule has 0 aliphatic rings. The van der Waals surface area contributed by atoms with Crippen molar-refractivity contribution in [2.24, 2.45) is 5.73 Å². The van der Waals surface area contributed by atoms with Crippen molar-refractivity contribution in [2.75, 3.05) is 6.54 Å². The van der Waals surface area contributed by atoms with Crippen molar-refractivity contribution in [1.82, 2.24) is 10.6 Å². The number of nitrogens with one attached hydrogen (secondary N) is 2. The minimum Gasteiger partial charge on any atom is -0.457 e. The highest BCUT2D eigenvalue weighted by Crippen LogP contribution is 2.25. The highest BCUT2D eigenvalue weighted by Gasteiger charge is 2.18. The monoisotopic (exact) mass is 339 g/mol. The van der Waals surface area contributed by atoms with E-state index in [1.54, 1.807) is 30.3 Å². The summed E-state index contributed by atoms with van der Waals surface area (Å²) in [5, 5.41) is 5.27. The van der Waals surface area contributed by atoms with Gasteiger partial charge in [0.25, 0.3) is 0 Å². The van der Waals surface area contributed by atoms with Crippen LogP contribution in [0.5, 0.6) is 11.5 Å². The summed E-state index contributed by atoms with van der Waals surface area (Å²) in [4.78, 5) is 23.2. The van der Waals surface area contributed by atoms with E-state index in [1.165, 1.54) is 0 Å². The summed E-state index contributed by atoms with van der Waals surface area (Å²) in [5.41, 5.74) is 5.96. The SMILES string of the molecule is C=CCNC(=O)C[C@H](NC(N)=O)c1cccc(Oc2ccccc2)c1. The number of amides is 3. The molecule has 0 aromatic heterocycles. The van der Waals surface area contributed by atoms with E-state index in [0.717, 1.165) is 5.56 Å². The van der Waals surface area contributed by atoms with E-state index in [4.69, 9.17) is 10.5 Å². The van der Waals surface area contributed by atoms with Crippen molar-refractivity contribution in [1.29, 1.82) is 0 Å². The van der Waals surface area contributed by atoms with Gasteiger partial charge in [0.05, 0.1) is 12.5 Å². The Morgan fingerprint density at radius 3 is 2.52 bits per heavy atom. The smallest absolute Gasteiger partial charge is 0.312 e. The number of ether oxygens (including phenoxy) is 1. The van der Waals surface area contributed by atoms with Gasteiger partial charge in [-0.25, -0.2) is 4.79 Å². The van der Waals surface area contributed by atoms with Crippen LogP contribution >= 0.6 is 0 Å². The number of primary amides is 1. The molecule has 25 heavy (non-hydrogen) atoms. The Morgan fingerprint density at radius 1 is 1.12 bits per heavy atom. The second-order valence-corrected chi connectivity index (χ2v) is 5.35. The molecule has 2 rings (SSSR count). The largest absolute Gasteiger partial charge is 0.457 e. The van der Waals surface area contributed by atoms with Crippen LogP contribution in [0.15, 0.2) is 67.3 Å². The quantitative estimate of drug-likeness (QED) is 0.646. The lowest BCUT2D eigenvalue weighted by Gasteiger charge is -2.18. The summed E-state index contributed by atoms with van der Waals surface area (Å²) in [6.07, 6.45) is 1.65. The molecule has 0 aliphatic carbocycles. The van der Waals surface area contributed by atoms with E-state index >= 15 is 0 Å². The van der Waals surface area contributed by atoms with Crippen molar-refractivity contribution in [2.45, 2.75) is 12.5 Å². The first kappa shape index (κ1) is 18.1. The van der Waals surface area contributed by atoms with Gasteiger partial charge in [0.1, 0.15) is 11.5 Å². The summed E-state index contributed by atoms with van der Waals surface area (Å²) in [7, 11) is 0. The van der Waals surface area contributed by atoms with E-state index in [1.807, 2.05) is 30.3 Å². The minimum absolute atomic E-state index is 0.0611. The average molecular weight is 339 g/mol. The number of urea groups is 1.